The third-order valence-corrected chi connectivity index (χ3v) is 2.45. The summed E-state index contributed by atoms with van der Waals surface area (Å²) in [6.07, 6.45) is 0.0212. The van der Waals surface area contributed by atoms with E-state index in [4.69, 9.17) is 9.47 Å². The Hall–Kier alpha value is -2.04. The van der Waals surface area contributed by atoms with Gasteiger partial charge in [0.05, 0.1) is 6.42 Å². The summed E-state index contributed by atoms with van der Waals surface area (Å²) in [6, 6.07) is 4.40. The minimum atomic E-state index is -0.662. The quantitative estimate of drug-likeness (QED) is 0.868. The van der Waals surface area contributed by atoms with Gasteiger partial charge in [0.25, 0.3) is 0 Å². The van der Waals surface area contributed by atoms with Gasteiger partial charge in [-0.05, 0) is 59.2 Å². The molecule has 0 bridgehead atoms. The Labute approximate surface area is 131 Å². The van der Waals surface area contributed by atoms with Gasteiger partial charge in [0.1, 0.15) is 22.5 Å². The number of carbonyl (C=O) groups is 2. The molecule has 0 unspecified atom stereocenters. The molecule has 0 spiro atoms. The van der Waals surface area contributed by atoms with E-state index in [1.54, 1.807) is 47.6 Å². The third-order valence-electron chi connectivity index (χ3n) is 2.45. The smallest absolute Gasteiger partial charge is 0.342 e. The van der Waals surface area contributed by atoms with Crippen LogP contribution < -0.4 is 0 Å². The molecule has 5 nitrogen and oxygen atoms in total. The van der Waals surface area contributed by atoms with Crippen molar-refractivity contribution in [2.75, 3.05) is 0 Å². The first kappa shape index (κ1) is 18.0. The molecule has 0 aliphatic carbocycles. The van der Waals surface area contributed by atoms with Gasteiger partial charge in [0.15, 0.2) is 0 Å². The predicted molar refractivity (Wildman–Crippen MR) is 82.8 cm³/mol. The van der Waals surface area contributed by atoms with E-state index in [-0.39, 0.29) is 17.7 Å². The molecule has 1 aromatic rings. The number of aromatic hydroxyl groups is 1. The minimum absolute atomic E-state index is 0.0212. The van der Waals surface area contributed by atoms with E-state index >= 15 is 0 Å². The van der Waals surface area contributed by atoms with Gasteiger partial charge >= 0.3 is 11.9 Å². The lowest BCUT2D eigenvalue weighted by Gasteiger charge is -2.21. The number of hydrogen-bond acceptors (Lipinski definition) is 5. The highest BCUT2D eigenvalue weighted by molar-refractivity contribution is 5.93. The van der Waals surface area contributed by atoms with E-state index in [2.05, 4.69) is 0 Å². The lowest BCUT2D eigenvalue weighted by molar-refractivity contribution is -0.153. The fourth-order valence-electron chi connectivity index (χ4n) is 1.73. The summed E-state index contributed by atoms with van der Waals surface area (Å²) in [4.78, 5) is 23.9. The molecule has 0 fully saturated rings. The zero-order chi connectivity index (χ0) is 17.1. The highest BCUT2D eigenvalue weighted by Crippen LogP contribution is 2.22. The van der Waals surface area contributed by atoms with Crippen LogP contribution in [0, 0.1) is 0 Å². The summed E-state index contributed by atoms with van der Waals surface area (Å²) in [5, 5.41) is 9.81. The first-order valence-electron chi connectivity index (χ1n) is 7.14. The maximum absolute atomic E-state index is 12.0. The second kappa shape index (κ2) is 6.38. The van der Waals surface area contributed by atoms with Crippen molar-refractivity contribution < 1.29 is 24.2 Å². The van der Waals surface area contributed by atoms with Gasteiger partial charge in [-0.15, -0.1) is 0 Å². The Balaban J connectivity index is 2.91. The molecule has 0 radical (unpaired) electrons. The fourth-order valence-corrected chi connectivity index (χ4v) is 1.73. The van der Waals surface area contributed by atoms with Crippen molar-refractivity contribution in [3.63, 3.8) is 0 Å². The number of esters is 2. The van der Waals surface area contributed by atoms with Crippen molar-refractivity contribution in [3.05, 3.63) is 29.3 Å². The third kappa shape index (κ3) is 6.16. The molecule has 0 saturated heterocycles. The molecule has 22 heavy (non-hydrogen) atoms. The molecular weight excluding hydrogens is 284 g/mol. The Morgan fingerprint density at radius 3 is 2.05 bits per heavy atom. The van der Waals surface area contributed by atoms with Crippen LogP contribution in [0.15, 0.2) is 18.2 Å². The van der Waals surface area contributed by atoms with E-state index in [1.165, 1.54) is 12.1 Å². The molecule has 1 aromatic carbocycles. The average molecular weight is 308 g/mol. The molecule has 1 N–H and O–H groups in total. The molecule has 0 atom stereocenters. The van der Waals surface area contributed by atoms with Crippen LogP contribution in [0.2, 0.25) is 0 Å². The van der Waals surface area contributed by atoms with Crippen molar-refractivity contribution >= 4 is 11.9 Å². The number of phenols is 1. The SMILES string of the molecule is CC(C)(C)OC(=O)Cc1ccc(O)c(C(=O)OC(C)(C)C)c1. The lowest BCUT2D eigenvalue weighted by Crippen LogP contribution is -2.25. The van der Waals surface area contributed by atoms with Crippen LogP contribution in [0.4, 0.5) is 0 Å². The molecule has 0 heterocycles. The van der Waals surface area contributed by atoms with Crippen molar-refractivity contribution in [2.24, 2.45) is 0 Å². The maximum Gasteiger partial charge on any atom is 0.342 e. The topological polar surface area (TPSA) is 72.8 Å². The Bertz CT molecular complexity index is 561. The summed E-state index contributed by atoms with van der Waals surface area (Å²) in [7, 11) is 0. The number of rotatable bonds is 3. The summed E-state index contributed by atoms with van der Waals surface area (Å²) in [5.74, 6) is -1.20. The second-order valence-corrected chi connectivity index (χ2v) is 7.12. The van der Waals surface area contributed by atoms with Crippen molar-refractivity contribution in [2.45, 2.75) is 59.2 Å². The second-order valence-electron chi connectivity index (χ2n) is 7.12. The van der Waals surface area contributed by atoms with E-state index in [1.807, 2.05) is 0 Å². The molecule has 0 aliphatic rings. The predicted octanol–water partition coefficient (Wildman–Crippen LogP) is 3.23. The van der Waals surface area contributed by atoms with Crippen molar-refractivity contribution in [1.82, 2.24) is 0 Å². The monoisotopic (exact) mass is 308 g/mol. The van der Waals surface area contributed by atoms with Gasteiger partial charge in [-0.1, -0.05) is 6.07 Å². The molecule has 1 rings (SSSR count). The highest BCUT2D eigenvalue weighted by atomic mass is 16.6. The van der Waals surface area contributed by atoms with Gasteiger partial charge in [-0.25, -0.2) is 4.79 Å². The first-order valence-corrected chi connectivity index (χ1v) is 7.14. The Morgan fingerprint density at radius 2 is 1.55 bits per heavy atom. The van der Waals surface area contributed by atoms with Crippen molar-refractivity contribution in [1.29, 1.82) is 0 Å². The molecule has 0 aliphatic heterocycles. The van der Waals surface area contributed by atoms with E-state index in [0.29, 0.717) is 5.56 Å². The van der Waals surface area contributed by atoms with Gasteiger partial charge in [0.2, 0.25) is 0 Å². The zero-order valence-electron chi connectivity index (χ0n) is 14.0. The van der Waals surface area contributed by atoms with Gasteiger partial charge in [0, 0.05) is 0 Å². The summed E-state index contributed by atoms with van der Waals surface area (Å²) >= 11 is 0. The van der Waals surface area contributed by atoms with Crippen LogP contribution in [-0.2, 0) is 20.7 Å². The molecular formula is C17H24O5. The van der Waals surface area contributed by atoms with E-state index in [9.17, 15) is 14.7 Å². The van der Waals surface area contributed by atoms with Crippen molar-refractivity contribution in [3.8, 4) is 5.75 Å². The lowest BCUT2D eigenvalue weighted by atomic mass is 10.1. The van der Waals surface area contributed by atoms with Crippen LogP contribution in [-0.4, -0.2) is 28.2 Å². The summed E-state index contributed by atoms with van der Waals surface area (Å²) in [5.41, 5.74) is -0.615. The molecule has 0 amide bonds. The number of carbonyl (C=O) groups excluding carboxylic acids is 2. The zero-order valence-corrected chi connectivity index (χ0v) is 14.0. The van der Waals surface area contributed by atoms with E-state index < -0.39 is 23.1 Å². The molecule has 0 saturated carbocycles. The normalized spacial score (nSPS) is 11.9. The molecule has 122 valence electrons. The van der Waals surface area contributed by atoms with Gasteiger partial charge in [-0.2, -0.15) is 0 Å². The van der Waals surface area contributed by atoms with Crippen LogP contribution in [0.3, 0.4) is 0 Å². The molecule has 5 heteroatoms. The van der Waals surface area contributed by atoms with Gasteiger partial charge in [-0.3, -0.25) is 4.79 Å². The summed E-state index contributed by atoms with van der Waals surface area (Å²) < 4.78 is 10.5. The van der Waals surface area contributed by atoms with Gasteiger partial charge < -0.3 is 14.6 Å². The fraction of sp³-hybridized carbons (Fsp3) is 0.529. The minimum Gasteiger partial charge on any atom is -0.507 e. The number of hydrogen-bond donors (Lipinski definition) is 1. The largest absolute Gasteiger partial charge is 0.507 e. The average Bonchev–Trinajstić information content (AvgIpc) is 2.26. The number of ether oxygens (including phenoxy) is 2. The maximum atomic E-state index is 12.0. The number of phenolic OH excluding ortho intramolecular Hbond substituents is 1. The van der Waals surface area contributed by atoms with Crippen LogP contribution in [0.1, 0.15) is 57.5 Å². The standard InChI is InChI=1S/C17H24O5/c1-16(2,3)21-14(19)10-11-7-8-13(18)12(9-11)15(20)22-17(4,5)6/h7-9,18H,10H2,1-6H3. The van der Waals surface area contributed by atoms with Crippen LogP contribution in [0.25, 0.3) is 0 Å². The number of benzene rings is 1. The Kier molecular flexibility index (Phi) is 5.22. The van der Waals surface area contributed by atoms with E-state index in [0.717, 1.165) is 0 Å². The molecule has 0 aromatic heterocycles. The highest BCUT2D eigenvalue weighted by Gasteiger charge is 2.22. The van der Waals surface area contributed by atoms with Crippen LogP contribution >= 0.6 is 0 Å². The Morgan fingerprint density at radius 1 is 1.00 bits per heavy atom. The summed E-state index contributed by atoms with van der Waals surface area (Å²) in [6.45, 7) is 10.6. The van der Waals surface area contributed by atoms with Crippen LogP contribution in [0.5, 0.6) is 5.75 Å². The first-order chi connectivity index (χ1) is 9.87.